The average molecular weight is 424 g/mol. The predicted molar refractivity (Wildman–Crippen MR) is 91.4 cm³/mol. The van der Waals surface area contributed by atoms with E-state index in [9.17, 15) is 17.6 Å². The fraction of sp³-hybridized carbons (Fsp3) is 0.471. The van der Waals surface area contributed by atoms with Crippen LogP contribution in [0.2, 0.25) is 5.02 Å². The first-order valence-electron chi connectivity index (χ1n) is 8.38. The standard InChI is InChI=1S/C15H17ClFN3O.C2HF3O2/c16-12-6-1-9(7-13(12)17)8-14-19-20-15(21-14)10-2-4-11(18)5-3-10;3-2(4,5)1(6)7/h1,6-7,10-11H,2-5,8,18H2;(H,6,7)/t10-,11-;. The molecule has 0 aliphatic heterocycles. The molecule has 0 unspecified atom stereocenters. The number of carboxylic acids is 1. The highest BCUT2D eigenvalue weighted by molar-refractivity contribution is 6.30. The van der Waals surface area contributed by atoms with E-state index in [1.54, 1.807) is 6.07 Å². The van der Waals surface area contributed by atoms with Crippen LogP contribution in [0.3, 0.4) is 0 Å². The summed E-state index contributed by atoms with van der Waals surface area (Å²) < 4.78 is 50.9. The Kier molecular flexibility index (Phi) is 7.36. The van der Waals surface area contributed by atoms with Crippen LogP contribution >= 0.6 is 11.6 Å². The third kappa shape index (κ3) is 6.45. The van der Waals surface area contributed by atoms with Gasteiger partial charge >= 0.3 is 12.1 Å². The normalized spacial score (nSPS) is 19.6. The number of alkyl halides is 3. The molecular formula is C17H18ClF4N3O3. The van der Waals surface area contributed by atoms with Gasteiger partial charge < -0.3 is 15.3 Å². The zero-order chi connectivity index (χ0) is 20.9. The maximum atomic E-state index is 13.4. The molecule has 0 radical (unpaired) electrons. The maximum Gasteiger partial charge on any atom is 0.490 e. The molecule has 3 rings (SSSR count). The summed E-state index contributed by atoms with van der Waals surface area (Å²) in [6, 6.07) is 4.98. The van der Waals surface area contributed by atoms with Crippen molar-refractivity contribution in [1.29, 1.82) is 0 Å². The molecule has 1 aliphatic carbocycles. The number of aliphatic carboxylic acids is 1. The summed E-state index contributed by atoms with van der Waals surface area (Å²) in [4.78, 5) is 8.90. The van der Waals surface area contributed by atoms with Crippen molar-refractivity contribution in [3.05, 3.63) is 46.4 Å². The molecule has 154 valence electrons. The van der Waals surface area contributed by atoms with Gasteiger partial charge in [-0.3, -0.25) is 0 Å². The Balaban J connectivity index is 0.000000345. The summed E-state index contributed by atoms with van der Waals surface area (Å²) in [7, 11) is 0. The number of rotatable bonds is 3. The highest BCUT2D eigenvalue weighted by atomic mass is 35.5. The lowest BCUT2D eigenvalue weighted by Gasteiger charge is -2.23. The minimum absolute atomic E-state index is 0.114. The van der Waals surface area contributed by atoms with Crippen LogP contribution in [0.25, 0.3) is 0 Å². The van der Waals surface area contributed by atoms with Crippen molar-refractivity contribution in [3.63, 3.8) is 0 Å². The number of carbonyl (C=O) groups is 1. The summed E-state index contributed by atoms with van der Waals surface area (Å²) >= 11 is 5.66. The van der Waals surface area contributed by atoms with E-state index in [0.29, 0.717) is 30.2 Å². The Hall–Kier alpha value is -2.20. The van der Waals surface area contributed by atoms with Crippen molar-refractivity contribution in [2.24, 2.45) is 5.73 Å². The van der Waals surface area contributed by atoms with Gasteiger partial charge in [0.2, 0.25) is 11.8 Å². The number of carboxylic acid groups (broad SMARTS) is 1. The largest absolute Gasteiger partial charge is 0.490 e. The van der Waals surface area contributed by atoms with Gasteiger partial charge in [0.05, 0.1) is 11.4 Å². The zero-order valence-electron chi connectivity index (χ0n) is 14.5. The average Bonchev–Trinajstić information content (AvgIpc) is 3.07. The van der Waals surface area contributed by atoms with Crippen LogP contribution in [0.15, 0.2) is 22.6 Å². The molecule has 3 N–H and O–H groups in total. The zero-order valence-corrected chi connectivity index (χ0v) is 15.3. The SMILES string of the molecule is N[C@H]1CC[C@H](c2nnc(Cc3ccc(Cl)c(F)c3)o2)CC1.O=C(O)C(F)(F)F. The highest BCUT2D eigenvalue weighted by Crippen LogP contribution is 2.31. The minimum Gasteiger partial charge on any atom is -0.475 e. The third-order valence-corrected chi connectivity index (χ3v) is 4.49. The number of halogens is 5. The number of hydrogen-bond acceptors (Lipinski definition) is 5. The second-order valence-electron chi connectivity index (χ2n) is 6.37. The van der Waals surface area contributed by atoms with Crippen LogP contribution in [0.5, 0.6) is 0 Å². The fourth-order valence-electron chi connectivity index (χ4n) is 2.69. The first-order valence-corrected chi connectivity index (χ1v) is 8.76. The molecule has 1 fully saturated rings. The molecule has 0 bridgehead atoms. The van der Waals surface area contributed by atoms with E-state index in [1.807, 2.05) is 0 Å². The Morgan fingerprint density at radius 3 is 2.39 bits per heavy atom. The Morgan fingerprint density at radius 1 is 1.25 bits per heavy atom. The number of nitrogens with zero attached hydrogens (tertiary/aromatic N) is 2. The lowest BCUT2D eigenvalue weighted by molar-refractivity contribution is -0.192. The molecule has 1 heterocycles. The van der Waals surface area contributed by atoms with Crippen molar-refractivity contribution < 1.29 is 31.9 Å². The van der Waals surface area contributed by atoms with Crippen LogP contribution in [0.1, 0.15) is 48.9 Å². The minimum atomic E-state index is -5.08. The van der Waals surface area contributed by atoms with Crippen LogP contribution in [-0.4, -0.2) is 33.5 Å². The van der Waals surface area contributed by atoms with E-state index in [-0.39, 0.29) is 5.02 Å². The molecule has 1 saturated carbocycles. The molecule has 28 heavy (non-hydrogen) atoms. The lowest BCUT2D eigenvalue weighted by atomic mass is 9.86. The second-order valence-corrected chi connectivity index (χ2v) is 6.78. The predicted octanol–water partition coefficient (Wildman–Crippen LogP) is 4.07. The molecule has 0 atom stereocenters. The first-order chi connectivity index (χ1) is 13.1. The Morgan fingerprint density at radius 2 is 1.86 bits per heavy atom. The molecule has 1 aromatic carbocycles. The van der Waals surface area contributed by atoms with Crippen molar-refractivity contribution in [2.45, 2.75) is 50.2 Å². The topological polar surface area (TPSA) is 102 Å². The number of nitrogens with two attached hydrogens (primary N) is 1. The van der Waals surface area contributed by atoms with Crippen LogP contribution in [0.4, 0.5) is 17.6 Å². The third-order valence-electron chi connectivity index (χ3n) is 4.19. The molecule has 2 aromatic rings. The van der Waals surface area contributed by atoms with E-state index in [2.05, 4.69) is 10.2 Å². The molecule has 11 heteroatoms. The molecule has 6 nitrogen and oxygen atoms in total. The van der Waals surface area contributed by atoms with E-state index >= 15 is 0 Å². The van der Waals surface area contributed by atoms with Gasteiger partial charge in [-0.1, -0.05) is 17.7 Å². The monoisotopic (exact) mass is 423 g/mol. The van der Waals surface area contributed by atoms with Crippen molar-refractivity contribution in [2.75, 3.05) is 0 Å². The molecule has 0 amide bonds. The van der Waals surface area contributed by atoms with Gasteiger partial charge in [0, 0.05) is 12.0 Å². The summed E-state index contributed by atoms with van der Waals surface area (Å²) in [6.45, 7) is 0. The van der Waals surface area contributed by atoms with Gasteiger partial charge in [-0.15, -0.1) is 10.2 Å². The summed E-state index contributed by atoms with van der Waals surface area (Å²) in [5.74, 6) is -1.72. The van der Waals surface area contributed by atoms with Crippen molar-refractivity contribution >= 4 is 17.6 Å². The number of aromatic nitrogens is 2. The molecule has 0 saturated heterocycles. The lowest BCUT2D eigenvalue weighted by Crippen LogP contribution is -2.25. The van der Waals surface area contributed by atoms with Crippen molar-refractivity contribution in [1.82, 2.24) is 10.2 Å². The molecule has 1 aromatic heterocycles. The second kappa shape index (κ2) is 9.33. The molecule has 1 aliphatic rings. The Labute approximate surface area is 162 Å². The van der Waals surface area contributed by atoms with E-state index in [1.165, 1.54) is 12.1 Å². The van der Waals surface area contributed by atoms with Gasteiger partial charge in [-0.25, -0.2) is 9.18 Å². The van der Waals surface area contributed by atoms with Gasteiger partial charge in [-0.05, 0) is 43.4 Å². The van der Waals surface area contributed by atoms with E-state index in [4.69, 9.17) is 31.7 Å². The highest BCUT2D eigenvalue weighted by Gasteiger charge is 2.38. The maximum absolute atomic E-state index is 13.4. The van der Waals surface area contributed by atoms with E-state index < -0.39 is 18.0 Å². The molecule has 0 spiro atoms. The van der Waals surface area contributed by atoms with Crippen molar-refractivity contribution in [3.8, 4) is 0 Å². The van der Waals surface area contributed by atoms with Crippen LogP contribution < -0.4 is 5.73 Å². The number of benzene rings is 1. The molecular weight excluding hydrogens is 406 g/mol. The smallest absolute Gasteiger partial charge is 0.475 e. The van der Waals surface area contributed by atoms with Gasteiger partial charge in [0.15, 0.2) is 0 Å². The Bertz CT molecular complexity index is 805. The van der Waals surface area contributed by atoms with E-state index in [0.717, 1.165) is 31.2 Å². The van der Waals surface area contributed by atoms with Gasteiger partial charge in [-0.2, -0.15) is 13.2 Å². The van der Waals surface area contributed by atoms with Gasteiger partial charge in [0.25, 0.3) is 0 Å². The summed E-state index contributed by atoms with van der Waals surface area (Å²) in [6.07, 6.45) is -0.723. The quantitative estimate of drug-likeness (QED) is 0.721. The van der Waals surface area contributed by atoms with Gasteiger partial charge in [0.1, 0.15) is 5.82 Å². The number of hydrogen-bond donors (Lipinski definition) is 2. The van der Waals surface area contributed by atoms with Crippen LogP contribution in [-0.2, 0) is 11.2 Å². The fourth-order valence-corrected chi connectivity index (χ4v) is 2.81. The summed E-state index contributed by atoms with van der Waals surface area (Å²) in [5, 5.41) is 15.4. The summed E-state index contributed by atoms with van der Waals surface area (Å²) in [5.41, 5.74) is 6.66. The van der Waals surface area contributed by atoms with Crippen LogP contribution in [0, 0.1) is 5.82 Å². The first kappa shape index (κ1) is 22.1.